The zero-order valence-electron chi connectivity index (χ0n) is 25.4. The molecular formula is C32H35N3O9. The number of anilines is 2. The molecule has 1 aliphatic rings. The van der Waals surface area contributed by atoms with E-state index in [1.807, 2.05) is 13.8 Å². The number of benzene rings is 3. The number of aryl methyl sites for hydroxylation is 2. The monoisotopic (exact) mass is 605 g/mol. The van der Waals surface area contributed by atoms with Gasteiger partial charge in [0.2, 0.25) is 11.7 Å². The molecule has 0 aliphatic carbocycles. The molecule has 1 heterocycles. The highest BCUT2D eigenvalue weighted by Gasteiger charge is 2.31. The molecule has 0 saturated heterocycles. The van der Waals surface area contributed by atoms with E-state index in [2.05, 4.69) is 38.9 Å². The molecule has 12 nitrogen and oxygen atoms in total. The maximum absolute atomic E-state index is 13.5. The molecule has 3 amide bonds. The van der Waals surface area contributed by atoms with Gasteiger partial charge in [-0.25, -0.2) is 0 Å². The minimum Gasteiger partial charge on any atom is -0.493 e. The third-order valence-electron chi connectivity index (χ3n) is 6.95. The largest absolute Gasteiger partial charge is 0.493 e. The molecule has 1 atom stereocenters. The van der Waals surface area contributed by atoms with E-state index in [4.69, 9.17) is 18.9 Å². The van der Waals surface area contributed by atoms with Crippen molar-refractivity contribution in [2.24, 2.45) is 0 Å². The van der Waals surface area contributed by atoms with Crippen molar-refractivity contribution in [3.05, 3.63) is 70.3 Å². The summed E-state index contributed by atoms with van der Waals surface area (Å²) in [7, 11) is 5.53. The summed E-state index contributed by atoms with van der Waals surface area (Å²) in [5.41, 5.74) is 3.92. The maximum atomic E-state index is 13.5. The minimum atomic E-state index is -1.16. The van der Waals surface area contributed by atoms with Crippen LogP contribution in [0.2, 0.25) is 0 Å². The van der Waals surface area contributed by atoms with Crippen molar-refractivity contribution in [2.75, 3.05) is 45.7 Å². The van der Waals surface area contributed by atoms with Gasteiger partial charge in [0.15, 0.2) is 11.5 Å². The van der Waals surface area contributed by atoms with Crippen LogP contribution in [0.15, 0.2) is 42.5 Å². The Morgan fingerprint density at radius 1 is 0.841 bits per heavy atom. The van der Waals surface area contributed by atoms with E-state index in [0.29, 0.717) is 12.2 Å². The van der Waals surface area contributed by atoms with Crippen LogP contribution in [0, 0.1) is 13.8 Å². The van der Waals surface area contributed by atoms with Gasteiger partial charge in [-0.15, -0.1) is 0 Å². The van der Waals surface area contributed by atoms with Gasteiger partial charge in [0.1, 0.15) is 11.8 Å². The Morgan fingerprint density at radius 3 is 2.09 bits per heavy atom. The molecule has 0 unspecified atom stereocenters. The van der Waals surface area contributed by atoms with Gasteiger partial charge in [-0.1, -0.05) is 29.3 Å². The Kier molecular flexibility index (Phi) is 9.94. The SMILES string of the molecule is COC(=O)C[C@@H]1NC(=O)c2cc(OCCc3cc(C)cc(C)c3)c(NC(=O)c3cc(OC)c(OC)c(OC)c3)cc2NC1=O. The number of hydrogen-bond acceptors (Lipinski definition) is 9. The van der Waals surface area contributed by atoms with Crippen molar-refractivity contribution in [1.82, 2.24) is 5.32 Å². The zero-order chi connectivity index (χ0) is 32.0. The first-order valence-electron chi connectivity index (χ1n) is 13.7. The topological polar surface area (TPSA) is 151 Å². The smallest absolute Gasteiger partial charge is 0.308 e. The van der Waals surface area contributed by atoms with Gasteiger partial charge in [0.25, 0.3) is 11.8 Å². The van der Waals surface area contributed by atoms with Crippen LogP contribution in [0.25, 0.3) is 0 Å². The summed E-state index contributed by atoms with van der Waals surface area (Å²) >= 11 is 0. The quantitative estimate of drug-likeness (QED) is 0.277. The fraction of sp³-hybridized carbons (Fsp3) is 0.312. The molecular weight excluding hydrogens is 570 g/mol. The van der Waals surface area contributed by atoms with Crippen molar-refractivity contribution in [3.63, 3.8) is 0 Å². The normalized spacial score (nSPS) is 13.9. The fourth-order valence-corrected chi connectivity index (χ4v) is 4.90. The van der Waals surface area contributed by atoms with Crippen molar-refractivity contribution >= 4 is 35.1 Å². The van der Waals surface area contributed by atoms with Crippen molar-refractivity contribution in [1.29, 1.82) is 0 Å². The molecule has 0 aromatic heterocycles. The number of rotatable bonds is 11. The standard InChI is InChI=1S/C32H35N3O9/c1-17-9-18(2)11-19(10-17)7-8-44-25-14-21-22(33-32(39)24(35-31(21)38)16-28(36)42-5)15-23(25)34-30(37)20-12-26(40-3)29(43-6)27(13-20)41-4/h9-15,24H,7-8,16H2,1-6H3,(H,33,39)(H,34,37)(H,35,38)/t24-/m0/s1. The minimum absolute atomic E-state index is 0.0953. The van der Waals surface area contributed by atoms with Crippen LogP contribution in [-0.4, -0.2) is 64.8 Å². The second-order valence-corrected chi connectivity index (χ2v) is 10.2. The molecule has 4 rings (SSSR count). The van der Waals surface area contributed by atoms with E-state index in [1.54, 1.807) is 0 Å². The predicted molar refractivity (Wildman–Crippen MR) is 162 cm³/mol. The lowest BCUT2D eigenvalue weighted by atomic mass is 10.1. The predicted octanol–water partition coefficient (Wildman–Crippen LogP) is 3.82. The molecule has 0 fully saturated rings. The second-order valence-electron chi connectivity index (χ2n) is 10.2. The lowest BCUT2D eigenvalue weighted by Gasteiger charge is -2.17. The number of nitrogens with one attached hydrogen (secondary N) is 3. The summed E-state index contributed by atoms with van der Waals surface area (Å²) in [5.74, 6) is -1.34. The molecule has 3 N–H and O–H groups in total. The third kappa shape index (κ3) is 7.20. The summed E-state index contributed by atoms with van der Waals surface area (Å²) in [6.45, 7) is 4.26. The average Bonchev–Trinajstić information content (AvgIpc) is 3.10. The summed E-state index contributed by atoms with van der Waals surface area (Å²) in [6, 6.07) is 10.9. The van der Waals surface area contributed by atoms with Crippen LogP contribution in [0.3, 0.4) is 0 Å². The Balaban J connectivity index is 1.69. The second kappa shape index (κ2) is 13.8. The van der Waals surface area contributed by atoms with E-state index in [0.717, 1.165) is 16.7 Å². The van der Waals surface area contributed by atoms with Crippen LogP contribution in [0.1, 0.15) is 43.8 Å². The highest BCUT2D eigenvalue weighted by Crippen LogP contribution is 2.39. The molecule has 1 aliphatic heterocycles. The molecule has 0 bridgehead atoms. The first-order valence-corrected chi connectivity index (χ1v) is 13.7. The molecule has 0 saturated carbocycles. The van der Waals surface area contributed by atoms with Crippen molar-refractivity contribution in [3.8, 4) is 23.0 Å². The van der Waals surface area contributed by atoms with Crippen LogP contribution in [0.5, 0.6) is 23.0 Å². The highest BCUT2D eigenvalue weighted by molar-refractivity contribution is 6.13. The van der Waals surface area contributed by atoms with Gasteiger partial charge in [0.05, 0.1) is 58.4 Å². The van der Waals surface area contributed by atoms with Gasteiger partial charge in [-0.2, -0.15) is 0 Å². The van der Waals surface area contributed by atoms with Gasteiger partial charge >= 0.3 is 5.97 Å². The van der Waals surface area contributed by atoms with E-state index in [9.17, 15) is 19.2 Å². The van der Waals surface area contributed by atoms with Gasteiger partial charge < -0.3 is 39.6 Å². The van der Waals surface area contributed by atoms with E-state index < -0.39 is 29.7 Å². The number of methoxy groups -OCH3 is 4. The van der Waals surface area contributed by atoms with Crippen LogP contribution >= 0.6 is 0 Å². The van der Waals surface area contributed by atoms with E-state index in [-0.39, 0.29) is 52.8 Å². The highest BCUT2D eigenvalue weighted by atomic mass is 16.5. The Hall–Kier alpha value is -5.26. The number of fused-ring (bicyclic) bond motifs is 1. The van der Waals surface area contributed by atoms with Crippen LogP contribution < -0.4 is 34.9 Å². The molecule has 232 valence electrons. The molecule has 0 spiro atoms. The number of carbonyl (C=O) groups is 4. The molecule has 3 aromatic rings. The Morgan fingerprint density at radius 2 is 1.50 bits per heavy atom. The van der Waals surface area contributed by atoms with E-state index >= 15 is 0 Å². The fourth-order valence-electron chi connectivity index (χ4n) is 4.90. The molecule has 0 radical (unpaired) electrons. The van der Waals surface area contributed by atoms with Crippen LogP contribution in [0.4, 0.5) is 11.4 Å². The number of carbonyl (C=O) groups excluding carboxylic acids is 4. The summed E-state index contributed by atoms with van der Waals surface area (Å²) in [4.78, 5) is 51.4. The molecule has 44 heavy (non-hydrogen) atoms. The number of amides is 3. The Bertz CT molecular complexity index is 1560. The zero-order valence-corrected chi connectivity index (χ0v) is 25.4. The average molecular weight is 606 g/mol. The lowest BCUT2D eigenvalue weighted by Crippen LogP contribution is -2.42. The number of ether oxygens (including phenoxy) is 5. The summed E-state index contributed by atoms with van der Waals surface area (Å²) in [6.07, 6.45) is 0.204. The van der Waals surface area contributed by atoms with E-state index in [1.165, 1.54) is 52.7 Å². The number of hydrogen-bond donors (Lipinski definition) is 3. The van der Waals surface area contributed by atoms with Crippen LogP contribution in [-0.2, 0) is 20.7 Å². The lowest BCUT2D eigenvalue weighted by molar-refractivity contribution is -0.142. The summed E-state index contributed by atoms with van der Waals surface area (Å²) < 4.78 is 26.9. The van der Waals surface area contributed by atoms with Crippen molar-refractivity contribution < 1.29 is 42.9 Å². The maximum Gasteiger partial charge on any atom is 0.308 e. The van der Waals surface area contributed by atoms with Gasteiger partial charge in [-0.3, -0.25) is 19.2 Å². The first kappa shape index (κ1) is 31.7. The summed E-state index contributed by atoms with van der Waals surface area (Å²) in [5, 5.41) is 8.04. The number of esters is 1. The Labute approximate surface area is 255 Å². The van der Waals surface area contributed by atoms with Crippen molar-refractivity contribution in [2.45, 2.75) is 32.7 Å². The van der Waals surface area contributed by atoms with Gasteiger partial charge in [0, 0.05) is 12.0 Å². The molecule has 3 aromatic carbocycles. The third-order valence-corrected chi connectivity index (χ3v) is 6.95. The molecule has 12 heteroatoms. The first-order chi connectivity index (χ1) is 21.1. The van der Waals surface area contributed by atoms with Gasteiger partial charge in [-0.05, 0) is 43.7 Å².